The van der Waals surface area contributed by atoms with Crippen molar-refractivity contribution in [2.24, 2.45) is 5.92 Å². The first-order valence-corrected chi connectivity index (χ1v) is 9.20. The fraction of sp³-hybridized carbons (Fsp3) is 0.474. The molecule has 2 aromatic rings. The topological polar surface area (TPSA) is 115 Å². The lowest BCUT2D eigenvalue weighted by atomic mass is 9.93. The number of piperidine rings is 1. The largest absolute Gasteiger partial charge is 0.481 e. The average molecular weight is 372 g/mol. The number of carbonyl (C=O) groups is 3. The molecular formula is C19H24N4O4. The Balaban J connectivity index is 1.60. The lowest BCUT2D eigenvalue weighted by Gasteiger charge is -2.34. The lowest BCUT2D eigenvalue weighted by molar-refractivity contribution is -0.137. The van der Waals surface area contributed by atoms with Crippen LogP contribution < -0.4 is 5.32 Å². The van der Waals surface area contributed by atoms with Crippen LogP contribution in [0.2, 0.25) is 0 Å². The zero-order valence-corrected chi connectivity index (χ0v) is 15.3. The van der Waals surface area contributed by atoms with Gasteiger partial charge in [0.15, 0.2) is 5.69 Å². The van der Waals surface area contributed by atoms with Crippen molar-refractivity contribution in [3.05, 3.63) is 30.0 Å². The Labute approximate surface area is 156 Å². The number of amides is 2. The maximum atomic E-state index is 12.7. The number of fused-ring (bicyclic) bond motifs is 1. The van der Waals surface area contributed by atoms with Gasteiger partial charge in [0.2, 0.25) is 5.91 Å². The second kappa shape index (κ2) is 8.20. The molecule has 1 saturated heterocycles. The van der Waals surface area contributed by atoms with Crippen LogP contribution >= 0.6 is 0 Å². The Morgan fingerprint density at radius 3 is 2.93 bits per heavy atom. The molecule has 1 aliphatic heterocycles. The van der Waals surface area contributed by atoms with Crippen LogP contribution in [0, 0.1) is 5.92 Å². The predicted molar refractivity (Wildman–Crippen MR) is 99.2 cm³/mol. The third-order valence-electron chi connectivity index (χ3n) is 5.00. The number of hydrogen-bond acceptors (Lipinski definition) is 4. The summed E-state index contributed by atoms with van der Waals surface area (Å²) in [5.74, 6) is -1.17. The average Bonchev–Trinajstić information content (AvgIpc) is 3.10. The zero-order valence-electron chi connectivity index (χ0n) is 15.3. The molecule has 0 radical (unpaired) electrons. The van der Waals surface area contributed by atoms with Gasteiger partial charge in [-0.3, -0.25) is 19.5 Å². The van der Waals surface area contributed by atoms with Crippen LogP contribution in [-0.4, -0.2) is 57.1 Å². The molecule has 2 amide bonds. The first-order chi connectivity index (χ1) is 13.0. The third-order valence-corrected chi connectivity index (χ3v) is 5.00. The summed E-state index contributed by atoms with van der Waals surface area (Å²) in [6, 6.07) is 6.64. The molecule has 144 valence electrons. The van der Waals surface area contributed by atoms with Crippen LogP contribution in [0.15, 0.2) is 24.3 Å². The van der Waals surface area contributed by atoms with Gasteiger partial charge < -0.3 is 15.3 Å². The van der Waals surface area contributed by atoms with E-state index in [1.165, 1.54) is 0 Å². The number of likely N-dealkylation sites (tertiary alicyclic amines) is 1. The number of benzene rings is 1. The van der Waals surface area contributed by atoms with E-state index >= 15 is 0 Å². The molecule has 1 fully saturated rings. The van der Waals surface area contributed by atoms with Crippen LogP contribution in [0.5, 0.6) is 0 Å². The van der Waals surface area contributed by atoms with E-state index in [0.717, 1.165) is 18.4 Å². The van der Waals surface area contributed by atoms with E-state index < -0.39 is 17.9 Å². The normalized spacial score (nSPS) is 18.3. The Bertz CT molecular complexity index is 847. The number of nitrogens with one attached hydrogen (secondary N) is 2. The number of carbonyl (C=O) groups excluding carboxylic acids is 2. The standard InChI is InChI=1S/C19H24N4O4/c1-12(19(27)23-10-4-5-13(11-23)8-9-16(24)25)20-18(26)17-14-6-2-3-7-15(14)21-22-17/h2-3,6-7,12-13H,4-5,8-11H2,1H3,(H,20,26)(H,21,22)(H,24,25). The molecule has 3 N–H and O–H groups in total. The molecule has 1 aromatic carbocycles. The van der Waals surface area contributed by atoms with Crippen molar-refractivity contribution in [1.29, 1.82) is 0 Å². The van der Waals surface area contributed by atoms with Crippen LogP contribution in [-0.2, 0) is 9.59 Å². The maximum absolute atomic E-state index is 12.7. The van der Waals surface area contributed by atoms with E-state index in [4.69, 9.17) is 5.11 Å². The first-order valence-electron chi connectivity index (χ1n) is 9.20. The molecule has 8 nitrogen and oxygen atoms in total. The second-order valence-corrected chi connectivity index (χ2v) is 7.04. The summed E-state index contributed by atoms with van der Waals surface area (Å²) < 4.78 is 0. The summed E-state index contributed by atoms with van der Waals surface area (Å²) in [7, 11) is 0. The van der Waals surface area contributed by atoms with E-state index in [1.54, 1.807) is 17.9 Å². The second-order valence-electron chi connectivity index (χ2n) is 7.04. The molecule has 0 saturated carbocycles. The molecule has 2 unspecified atom stereocenters. The number of hydrogen-bond donors (Lipinski definition) is 3. The molecule has 0 bridgehead atoms. The van der Waals surface area contributed by atoms with Gasteiger partial charge in [0.1, 0.15) is 6.04 Å². The molecule has 2 heterocycles. The molecule has 0 aliphatic carbocycles. The maximum Gasteiger partial charge on any atom is 0.303 e. The summed E-state index contributed by atoms with van der Waals surface area (Å²) >= 11 is 0. The molecule has 1 aromatic heterocycles. The molecule has 0 spiro atoms. The fourth-order valence-corrected chi connectivity index (χ4v) is 3.57. The molecule has 27 heavy (non-hydrogen) atoms. The number of H-pyrrole nitrogens is 1. The van der Waals surface area contributed by atoms with Crippen LogP contribution in [0.4, 0.5) is 0 Å². The first kappa shape index (κ1) is 18.9. The predicted octanol–water partition coefficient (Wildman–Crippen LogP) is 1.78. The van der Waals surface area contributed by atoms with Gasteiger partial charge in [-0.1, -0.05) is 18.2 Å². The molecule has 2 atom stereocenters. The zero-order chi connectivity index (χ0) is 19.4. The summed E-state index contributed by atoms with van der Waals surface area (Å²) in [6.45, 7) is 2.83. The number of aromatic amines is 1. The summed E-state index contributed by atoms with van der Waals surface area (Å²) in [4.78, 5) is 37.7. The van der Waals surface area contributed by atoms with Gasteiger partial charge in [0, 0.05) is 24.9 Å². The summed E-state index contributed by atoms with van der Waals surface area (Å²) in [5, 5.41) is 19.1. The number of rotatable bonds is 6. The number of carboxylic acids is 1. The molecule has 3 rings (SSSR count). The third kappa shape index (κ3) is 4.45. The highest BCUT2D eigenvalue weighted by atomic mass is 16.4. The van der Waals surface area contributed by atoms with Crippen molar-refractivity contribution < 1.29 is 19.5 Å². The van der Waals surface area contributed by atoms with Crippen molar-refractivity contribution in [3.8, 4) is 0 Å². The minimum absolute atomic E-state index is 0.116. The quantitative estimate of drug-likeness (QED) is 0.715. The Morgan fingerprint density at radius 2 is 2.15 bits per heavy atom. The summed E-state index contributed by atoms with van der Waals surface area (Å²) in [5.41, 5.74) is 1.03. The fourth-order valence-electron chi connectivity index (χ4n) is 3.57. The number of para-hydroxylation sites is 1. The number of aromatic nitrogens is 2. The van der Waals surface area contributed by atoms with Crippen molar-refractivity contribution >= 4 is 28.7 Å². The van der Waals surface area contributed by atoms with Gasteiger partial charge in [0.25, 0.3) is 5.91 Å². The van der Waals surface area contributed by atoms with E-state index in [2.05, 4.69) is 15.5 Å². The van der Waals surface area contributed by atoms with E-state index in [-0.39, 0.29) is 23.9 Å². The monoisotopic (exact) mass is 372 g/mol. The van der Waals surface area contributed by atoms with Gasteiger partial charge in [-0.05, 0) is 38.2 Å². The smallest absolute Gasteiger partial charge is 0.303 e. The Kier molecular flexibility index (Phi) is 5.73. The van der Waals surface area contributed by atoms with Gasteiger partial charge >= 0.3 is 5.97 Å². The van der Waals surface area contributed by atoms with Crippen molar-refractivity contribution in [2.75, 3.05) is 13.1 Å². The van der Waals surface area contributed by atoms with Crippen LogP contribution in [0.25, 0.3) is 10.9 Å². The number of nitrogens with zero attached hydrogens (tertiary/aromatic N) is 2. The number of aliphatic carboxylic acids is 1. The van der Waals surface area contributed by atoms with Crippen molar-refractivity contribution in [2.45, 2.75) is 38.6 Å². The highest BCUT2D eigenvalue weighted by Crippen LogP contribution is 2.22. The van der Waals surface area contributed by atoms with Gasteiger partial charge in [-0.15, -0.1) is 0 Å². The van der Waals surface area contributed by atoms with Crippen molar-refractivity contribution in [1.82, 2.24) is 20.4 Å². The van der Waals surface area contributed by atoms with E-state index in [0.29, 0.717) is 24.9 Å². The lowest BCUT2D eigenvalue weighted by Crippen LogP contribution is -2.50. The minimum atomic E-state index is -0.815. The Morgan fingerprint density at radius 1 is 1.37 bits per heavy atom. The number of carboxylic acid groups (broad SMARTS) is 1. The highest BCUT2D eigenvalue weighted by molar-refractivity contribution is 6.05. The van der Waals surface area contributed by atoms with Gasteiger partial charge in [-0.25, -0.2) is 0 Å². The van der Waals surface area contributed by atoms with Gasteiger partial charge in [0.05, 0.1) is 5.52 Å². The van der Waals surface area contributed by atoms with E-state index in [1.807, 2.05) is 18.2 Å². The van der Waals surface area contributed by atoms with E-state index in [9.17, 15) is 14.4 Å². The molecule has 8 heteroatoms. The highest BCUT2D eigenvalue weighted by Gasteiger charge is 2.28. The van der Waals surface area contributed by atoms with Crippen molar-refractivity contribution in [3.63, 3.8) is 0 Å². The Hall–Kier alpha value is -2.90. The molecular weight excluding hydrogens is 348 g/mol. The van der Waals surface area contributed by atoms with Crippen LogP contribution in [0.1, 0.15) is 43.1 Å². The van der Waals surface area contributed by atoms with Gasteiger partial charge in [-0.2, -0.15) is 5.10 Å². The van der Waals surface area contributed by atoms with Crippen LogP contribution in [0.3, 0.4) is 0 Å². The minimum Gasteiger partial charge on any atom is -0.481 e. The molecule has 1 aliphatic rings. The summed E-state index contributed by atoms with van der Waals surface area (Å²) in [6.07, 6.45) is 2.46. The SMILES string of the molecule is CC(NC(=O)c1n[nH]c2ccccc12)C(=O)N1CCCC(CCC(=O)O)C1.